The van der Waals surface area contributed by atoms with Crippen molar-refractivity contribution in [1.29, 1.82) is 0 Å². The zero-order valence-corrected chi connectivity index (χ0v) is 13.2. The third kappa shape index (κ3) is 2.89. The minimum Gasteiger partial charge on any atom is -0.368 e. The van der Waals surface area contributed by atoms with Gasteiger partial charge in [0, 0.05) is 35.8 Å². The Morgan fingerprint density at radius 3 is 2.70 bits per heavy atom. The first-order valence-electron chi connectivity index (χ1n) is 7.03. The summed E-state index contributed by atoms with van der Waals surface area (Å²) in [5.74, 6) is 0. The van der Waals surface area contributed by atoms with E-state index in [1.54, 1.807) is 0 Å². The first-order chi connectivity index (χ1) is 9.74. The van der Waals surface area contributed by atoms with Crippen molar-refractivity contribution in [3.05, 3.63) is 64.1 Å². The minimum atomic E-state index is 0.411. The average molecular weight is 331 g/mol. The molecule has 0 bridgehead atoms. The summed E-state index contributed by atoms with van der Waals surface area (Å²) < 4.78 is 1.18. The highest BCUT2D eigenvalue weighted by Crippen LogP contribution is 2.26. The van der Waals surface area contributed by atoms with Gasteiger partial charge in [-0.2, -0.15) is 0 Å². The fraction of sp³-hybridized carbons (Fsp3) is 0.294. The molecule has 3 heteroatoms. The predicted molar refractivity (Wildman–Crippen MR) is 88.3 cm³/mol. The van der Waals surface area contributed by atoms with Gasteiger partial charge in [-0.25, -0.2) is 0 Å². The van der Waals surface area contributed by atoms with Crippen LogP contribution in [0, 0.1) is 6.92 Å². The van der Waals surface area contributed by atoms with Crippen molar-refractivity contribution in [3.8, 4) is 0 Å². The van der Waals surface area contributed by atoms with Crippen molar-refractivity contribution >= 4 is 21.6 Å². The second-order valence-corrected chi connectivity index (χ2v) is 6.15. The summed E-state index contributed by atoms with van der Waals surface area (Å²) in [6.07, 6.45) is 0. The topological polar surface area (TPSA) is 15.3 Å². The predicted octanol–water partition coefficient (Wildman–Crippen LogP) is 3.91. The van der Waals surface area contributed by atoms with Crippen molar-refractivity contribution in [2.75, 3.05) is 24.5 Å². The molecule has 1 fully saturated rings. The van der Waals surface area contributed by atoms with Gasteiger partial charge in [-0.3, -0.25) is 0 Å². The first-order valence-corrected chi connectivity index (χ1v) is 7.83. The van der Waals surface area contributed by atoms with Gasteiger partial charge < -0.3 is 10.2 Å². The molecule has 104 valence electrons. The van der Waals surface area contributed by atoms with Crippen LogP contribution in [0.3, 0.4) is 0 Å². The monoisotopic (exact) mass is 330 g/mol. The summed E-state index contributed by atoms with van der Waals surface area (Å²) in [4.78, 5) is 2.47. The maximum Gasteiger partial charge on any atom is 0.0498 e. The normalized spacial score (nSPS) is 19.1. The Labute approximate surface area is 128 Å². The fourth-order valence-corrected chi connectivity index (χ4v) is 2.97. The van der Waals surface area contributed by atoms with Crippen molar-refractivity contribution in [2.45, 2.75) is 13.0 Å². The first kappa shape index (κ1) is 13.7. The summed E-state index contributed by atoms with van der Waals surface area (Å²) in [6.45, 7) is 5.24. The van der Waals surface area contributed by atoms with Gasteiger partial charge in [0.1, 0.15) is 0 Å². The SMILES string of the molecule is Cc1cc(N2CCNC(c3ccccc3)C2)ccc1Br. The van der Waals surface area contributed by atoms with Crippen molar-refractivity contribution < 1.29 is 0 Å². The van der Waals surface area contributed by atoms with Crippen molar-refractivity contribution in [1.82, 2.24) is 5.32 Å². The zero-order valence-electron chi connectivity index (χ0n) is 11.6. The Morgan fingerprint density at radius 2 is 1.95 bits per heavy atom. The molecule has 3 rings (SSSR count). The molecule has 1 aliphatic heterocycles. The maximum absolute atomic E-state index is 3.61. The number of nitrogens with one attached hydrogen (secondary N) is 1. The highest BCUT2D eigenvalue weighted by molar-refractivity contribution is 9.10. The molecule has 0 spiro atoms. The minimum absolute atomic E-state index is 0.411. The number of piperazine rings is 1. The molecule has 0 aromatic heterocycles. The van der Waals surface area contributed by atoms with Crippen LogP contribution in [-0.2, 0) is 0 Å². The van der Waals surface area contributed by atoms with Crippen LogP contribution in [0.15, 0.2) is 53.0 Å². The van der Waals surface area contributed by atoms with E-state index in [1.807, 2.05) is 0 Å². The van der Waals surface area contributed by atoms with Crippen molar-refractivity contribution in [2.24, 2.45) is 0 Å². The molecule has 2 aromatic rings. The number of benzene rings is 2. The number of rotatable bonds is 2. The van der Waals surface area contributed by atoms with E-state index in [0.717, 1.165) is 19.6 Å². The zero-order chi connectivity index (χ0) is 13.9. The molecule has 0 radical (unpaired) electrons. The van der Waals surface area contributed by atoms with Crippen molar-refractivity contribution in [3.63, 3.8) is 0 Å². The molecule has 0 amide bonds. The van der Waals surface area contributed by atoms with E-state index in [-0.39, 0.29) is 0 Å². The van der Waals surface area contributed by atoms with Gasteiger partial charge in [0.05, 0.1) is 0 Å². The van der Waals surface area contributed by atoms with Gasteiger partial charge in [0.15, 0.2) is 0 Å². The van der Waals surface area contributed by atoms with Crippen LogP contribution < -0.4 is 10.2 Å². The van der Waals surface area contributed by atoms with E-state index in [4.69, 9.17) is 0 Å². The van der Waals surface area contributed by atoms with Gasteiger partial charge in [-0.1, -0.05) is 46.3 Å². The molecule has 1 unspecified atom stereocenters. The van der Waals surface area contributed by atoms with E-state index in [0.29, 0.717) is 6.04 Å². The quantitative estimate of drug-likeness (QED) is 0.898. The molecular weight excluding hydrogens is 312 g/mol. The number of aryl methyl sites for hydroxylation is 1. The number of nitrogens with zero attached hydrogens (tertiary/aromatic N) is 1. The highest BCUT2D eigenvalue weighted by atomic mass is 79.9. The van der Waals surface area contributed by atoms with E-state index >= 15 is 0 Å². The van der Waals surface area contributed by atoms with Crippen LogP contribution in [0.25, 0.3) is 0 Å². The Hall–Kier alpha value is -1.32. The van der Waals surface area contributed by atoms with Crippen LogP contribution in [0.5, 0.6) is 0 Å². The number of halogens is 1. The van der Waals surface area contributed by atoms with Gasteiger partial charge in [-0.05, 0) is 36.2 Å². The molecule has 1 N–H and O–H groups in total. The highest BCUT2D eigenvalue weighted by Gasteiger charge is 2.20. The second-order valence-electron chi connectivity index (χ2n) is 5.30. The lowest BCUT2D eigenvalue weighted by Gasteiger charge is -2.35. The van der Waals surface area contributed by atoms with Gasteiger partial charge in [-0.15, -0.1) is 0 Å². The molecule has 1 aliphatic rings. The Morgan fingerprint density at radius 1 is 1.15 bits per heavy atom. The molecule has 1 atom stereocenters. The fourth-order valence-electron chi connectivity index (χ4n) is 2.72. The van der Waals surface area contributed by atoms with E-state index < -0.39 is 0 Å². The summed E-state index contributed by atoms with van der Waals surface area (Å²) in [5, 5.41) is 3.61. The van der Waals surface area contributed by atoms with Gasteiger partial charge in [0.2, 0.25) is 0 Å². The largest absolute Gasteiger partial charge is 0.368 e. The third-order valence-electron chi connectivity index (χ3n) is 3.88. The molecule has 1 saturated heterocycles. The molecule has 1 heterocycles. The Balaban J connectivity index is 1.79. The molecule has 2 aromatic carbocycles. The number of anilines is 1. The molecule has 20 heavy (non-hydrogen) atoms. The summed E-state index contributed by atoms with van der Waals surface area (Å²) >= 11 is 3.57. The molecule has 0 aliphatic carbocycles. The lowest BCUT2D eigenvalue weighted by atomic mass is 10.0. The lowest BCUT2D eigenvalue weighted by Crippen LogP contribution is -2.45. The van der Waals surface area contributed by atoms with Gasteiger partial charge in [0.25, 0.3) is 0 Å². The van der Waals surface area contributed by atoms with E-state index in [2.05, 4.69) is 81.6 Å². The van der Waals surface area contributed by atoms with Crippen LogP contribution in [0.2, 0.25) is 0 Å². The molecule has 2 nitrogen and oxygen atoms in total. The Kier molecular flexibility index (Phi) is 4.08. The average Bonchev–Trinajstić information content (AvgIpc) is 2.51. The van der Waals surface area contributed by atoms with Crippen LogP contribution in [0.4, 0.5) is 5.69 Å². The second kappa shape index (κ2) is 5.98. The third-order valence-corrected chi connectivity index (χ3v) is 4.77. The van der Waals surface area contributed by atoms with Gasteiger partial charge >= 0.3 is 0 Å². The maximum atomic E-state index is 3.61. The number of hydrogen-bond acceptors (Lipinski definition) is 2. The summed E-state index contributed by atoms with van der Waals surface area (Å²) in [6, 6.07) is 17.7. The summed E-state index contributed by atoms with van der Waals surface area (Å²) in [5.41, 5.74) is 3.97. The summed E-state index contributed by atoms with van der Waals surface area (Å²) in [7, 11) is 0. The van der Waals surface area contributed by atoms with E-state index in [9.17, 15) is 0 Å². The van der Waals surface area contributed by atoms with Crippen LogP contribution in [-0.4, -0.2) is 19.6 Å². The smallest absolute Gasteiger partial charge is 0.0498 e. The lowest BCUT2D eigenvalue weighted by molar-refractivity contribution is 0.472. The molecular formula is C17H19BrN2. The van der Waals surface area contributed by atoms with Crippen LogP contribution >= 0.6 is 15.9 Å². The molecule has 0 saturated carbocycles. The van der Waals surface area contributed by atoms with E-state index in [1.165, 1.54) is 21.3 Å². The standard InChI is InChI=1S/C17H19BrN2/c1-13-11-15(7-8-16(13)18)20-10-9-19-17(12-20)14-5-3-2-4-6-14/h2-8,11,17,19H,9-10,12H2,1H3. The number of hydrogen-bond donors (Lipinski definition) is 1. The van der Waals surface area contributed by atoms with Crippen LogP contribution in [0.1, 0.15) is 17.2 Å². The Bertz CT molecular complexity index is 583.